The smallest absolute Gasteiger partial charge is 0.134 e. The molecule has 0 unspecified atom stereocenters. The summed E-state index contributed by atoms with van der Waals surface area (Å²) in [6.07, 6.45) is 7.36. The van der Waals surface area contributed by atoms with E-state index < -0.39 is 0 Å². The monoisotopic (exact) mass is 314 g/mol. The maximum Gasteiger partial charge on any atom is 0.134 e. The SMILES string of the molecule is C#CCCC(=O)CCc1cc(C(C)(C)C)c(O)c(C(C)(C)C)c1. The second-order valence-corrected chi connectivity index (χ2v) is 8.28. The van der Waals surface area contributed by atoms with Crippen molar-refractivity contribution >= 4 is 5.78 Å². The van der Waals surface area contributed by atoms with E-state index in [2.05, 4.69) is 47.5 Å². The molecule has 1 aromatic carbocycles. The number of hydrogen-bond donors (Lipinski definition) is 1. The summed E-state index contributed by atoms with van der Waals surface area (Å²) in [4.78, 5) is 11.9. The Balaban J connectivity index is 3.14. The van der Waals surface area contributed by atoms with Gasteiger partial charge in [-0.05, 0) is 33.9 Å². The molecule has 0 aliphatic rings. The first kappa shape index (κ1) is 19.3. The number of carbonyl (C=O) groups excluding carboxylic acids is 1. The average molecular weight is 314 g/mol. The molecule has 0 bridgehead atoms. The van der Waals surface area contributed by atoms with Gasteiger partial charge in [-0.1, -0.05) is 53.7 Å². The van der Waals surface area contributed by atoms with Gasteiger partial charge in [0.2, 0.25) is 0 Å². The van der Waals surface area contributed by atoms with Gasteiger partial charge in [-0.15, -0.1) is 12.3 Å². The first-order chi connectivity index (χ1) is 10.5. The van der Waals surface area contributed by atoms with E-state index in [-0.39, 0.29) is 16.6 Å². The molecule has 0 saturated heterocycles. The Labute approximate surface area is 141 Å². The van der Waals surface area contributed by atoms with Gasteiger partial charge in [0.15, 0.2) is 0 Å². The van der Waals surface area contributed by atoms with Crippen molar-refractivity contribution in [1.29, 1.82) is 0 Å². The molecule has 2 nitrogen and oxygen atoms in total. The van der Waals surface area contributed by atoms with E-state index in [1.54, 1.807) is 0 Å². The van der Waals surface area contributed by atoms with Crippen molar-refractivity contribution in [1.82, 2.24) is 0 Å². The lowest BCUT2D eigenvalue weighted by Crippen LogP contribution is -2.18. The molecule has 0 atom stereocenters. The van der Waals surface area contributed by atoms with Crippen LogP contribution in [0.15, 0.2) is 12.1 Å². The Kier molecular flexibility index (Phi) is 6.05. The zero-order valence-electron chi connectivity index (χ0n) is 15.4. The van der Waals surface area contributed by atoms with E-state index in [0.29, 0.717) is 31.4 Å². The first-order valence-corrected chi connectivity index (χ1v) is 8.29. The summed E-state index contributed by atoms with van der Waals surface area (Å²) in [5.74, 6) is 3.09. The number of carbonyl (C=O) groups is 1. The van der Waals surface area contributed by atoms with Crippen LogP contribution in [0.5, 0.6) is 5.75 Å². The minimum atomic E-state index is -0.145. The fourth-order valence-corrected chi connectivity index (χ4v) is 2.60. The summed E-state index contributed by atoms with van der Waals surface area (Å²) in [6.45, 7) is 12.6. The van der Waals surface area contributed by atoms with Crippen molar-refractivity contribution in [2.75, 3.05) is 0 Å². The third kappa shape index (κ3) is 5.43. The molecule has 0 amide bonds. The van der Waals surface area contributed by atoms with Crippen LogP contribution in [0, 0.1) is 12.3 Å². The second kappa shape index (κ2) is 7.21. The highest BCUT2D eigenvalue weighted by atomic mass is 16.3. The van der Waals surface area contributed by atoms with Gasteiger partial charge in [0.1, 0.15) is 11.5 Å². The Morgan fingerprint density at radius 2 is 1.52 bits per heavy atom. The molecule has 126 valence electrons. The van der Waals surface area contributed by atoms with E-state index in [9.17, 15) is 9.90 Å². The lowest BCUT2D eigenvalue weighted by atomic mass is 9.78. The van der Waals surface area contributed by atoms with E-state index in [0.717, 1.165) is 16.7 Å². The van der Waals surface area contributed by atoms with Gasteiger partial charge in [-0.25, -0.2) is 0 Å². The number of Topliss-reactive ketones (excluding diaryl/α,β-unsaturated/α-hetero) is 1. The average Bonchev–Trinajstić information content (AvgIpc) is 2.41. The van der Waals surface area contributed by atoms with Crippen molar-refractivity contribution in [3.8, 4) is 18.1 Å². The largest absolute Gasteiger partial charge is 0.507 e. The lowest BCUT2D eigenvalue weighted by Gasteiger charge is -2.28. The molecule has 0 heterocycles. The highest BCUT2D eigenvalue weighted by molar-refractivity contribution is 5.78. The normalized spacial score (nSPS) is 12.0. The summed E-state index contributed by atoms with van der Waals surface area (Å²) in [5.41, 5.74) is 2.69. The van der Waals surface area contributed by atoms with Crippen molar-refractivity contribution in [2.24, 2.45) is 0 Å². The predicted octanol–water partition coefficient (Wildman–Crippen LogP) is 4.90. The number of rotatable bonds is 5. The van der Waals surface area contributed by atoms with Crippen LogP contribution in [0.25, 0.3) is 0 Å². The molecular formula is C21H30O2. The molecule has 23 heavy (non-hydrogen) atoms. The van der Waals surface area contributed by atoms with Crippen molar-refractivity contribution in [3.05, 3.63) is 28.8 Å². The standard InChI is InChI=1S/C21H30O2/c1-8-9-10-16(22)12-11-15-13-17(20(2,3)4)19(23)18(14-15)21(5,6)7/h1,13-14,23H,9-12H2,2-7H3. The Morgan fingerprint density at radius 1 is 1.04 bits per heavy atom. The molecule has 1 aromatic rings. The number of aryl methyl sites for hydroxylation is 1. The van der Waals surface area contributed by atoms with Crippen LogP contribution in [0.4, 0.5) is 0 Å². The molecular weight excluding hydrogens is 284 g/mol. The van der Waals surface area contributed by atoms with Gasteiger partial charge in [0, 0.05) is 19.3 Å². The molecule has 0 aliphatic carbocycles. The van der Waals surface area contributed by atoms with E-state index in [1.165, 1.54) is 0 Å². The Bertz CT molecular complexity index is 569. The van der Waals surface area contributed by atoms with Gasteiger partial charge in [0.05, 0.1) is 0 Å². The second-order valence-electron chi connectivity index (χ2n) is 8.28. The zero-order chi connectivity index (χ0) is 17.8. The van der Waals surface area contributed by atoms with Crippen LogP contribution in [0.2, 0.25) is 0 Å². The molecule has 0 radical (unpaired) electrons. The number of benzene rings is 1. The number of ketones is 1. The van der Waals surface area contributed by atoms with E-state index in [4.69, 9.17) is 6.42 Å². The molecule has 0 aliphatic heterocycles. The quantitative estimate of drug-likeness (QED) is 0.785. The number of phenols is 1. The maximum absolute atomic E-state index is 11.9. The Hall–Kier alpha value is -1.75. The van der Waals surface area contributed by atoms with Gasteiger partial charge in [0.25, 0.3) is 0 Å². The van der Waals surface area contributed by atoms with Crippen LogP contribution in [0.3, 0.4) is 0 Å². The van der Waals surface area contributed by atoms with Crippen LogP contribution >= 0.6 is 0 Å². The minimum Gasteiger partial charge on any atom is -0.507 e. The van der Waals surface area contributed by atoms with Crippen LogP contribution in [0.1, 0.15) is 77.5 Å². The zero-order valence-corrected chi connectivity index (χ0v) is 15.4. The number of hydrogen-bond acceptors (Lipinski definition) is 2. The van der Waals surface area contributed by atoms with E-state index in [1.807, 2.05) is 12.1 Å². The third-order valence-corrected chi connectivity index (χ3v) is 4.03. The first-order valence-electron chi connectivity index (χ1n) is 8.29. The molecule has 0 fully saturated rings. The maximum atomic E-state index is 11.9. The van der Waals surface area contributed by atoms with Crippen LogP contribution in [-0.2, 0) is 22.0 Å². The molecule has 1 rings (SSSR count). The number of aromatic hydroxyl groups is 1. The molecule has 2 heteroatoms. The summed E-state index contributed by atoms with van der Waals surface area (Å²) < 4.78 is 0. The van der Waals surface area contributed by atoms with Gasteiger partial charge >= 0.3 is 0 Å². The van der Waals surface area contributed by atoms with Crippen molar-refractivity contribution in [2.45, 2.75) is 78.1 Å². The summed E-state index contributed by atoms with van der Waals surface area (Å²) in [5, 5.41) is 10.7. The summed E-state index contributed by atoms with van der Waals surface area (Å²) in [7, 11) is 0. The van der Waals surface area contributed by atoms with Crippen LogP contribution in [-0.4, -0.2) is 10.9 Å². The number of terminal acetylenes is 1. The van der Waals surface area contributed by atoms with E-state index >= 15 is 0 Å². The summed E-state index contributed by atoms with van der Waals surface area (Å²) >= 11 is 0. The fourth-order valence-electron chi connectivity index (χ4n) is 2.60. The molecule has 1 N–H and O–H groups in total. The molecule has 0 spiro atoms. The van der Waals surface area contributed by atoms with Gasteiger partial charge in [-0.2, -0.15) is 0 Å². The fraction of sp³-hybridized carbons (Fsp3) is 0.571. The predicted molar refractivity (Wildman–Crippen MR) is 96.9 cm³/mol. The third-order valence-electron chi connectivity index (χ3n) is 4.03. The van der Waals surface area contributed by atoms with Gasteiger partial charge < -0.3 is 5.11 Å². The lowest BCUT2D eigenvalue weighted by molar-refractivity contribution is -0.118. The molecule has 0 saturated carbocycles. The topological polar surface area (TPSA) is 37.3 Å². The van der Waals surface area contributed by atoms with Crippen molar-refractivity contribution < 1.29 is 9.90 Å². The highest BCUT2D eigenvalue weighted by Gasteiger charge is 2.26. The summed E-state index contributed by atoms with van der Waals surface area (Å²) in [6, 6.07) is 4.08. The highest BCUT2D eigenvalue weighted by Crippen LogP contribution is 2.39. The van der Waals surface area contributed by atoms with Crippen LogP contribution < -0.4 is 0 Å². The minimum absolute atomic E-state index is 0.145. The Morgan fingerprint density at radius 3 is 1.91 bits per heavy atom. The van der Waals surface area contributed by atoms with Crippen molar-refractivity contribution in [3.63, 3.8) is 0 Å². The van der Waals surface area contributed by atoms with Gasteiger partial charge in [-0.3, -0.25) is 4.79 Å². The number of phenolic OH excluding ortho intramolecular Hbond substituents is 1. The molecule has 0 aromatic heterocycles.